The lowest BCUT2D eigenvalue weighted by Crippen LogP contribution is -2.49. The fourth-order valence-corrected chi connectivity index (χ4v) is 3.28. The highest BCUT2D eigenvalue weighted by Gasteiger charge is 2.39. The number of aromatic hydroxyl groups is 1. The van der Waals surface area contributed by atoms with E-state index in [9.17, 15) is 14.7 Å². The van der Waals surface area contributed by atoms with Crippen molar-refractivity contribution in [1.82, 2.24) is 10.3 Å². The summed E-state index contributed by atoms with van der Waals surface area (Å²) in [5.74, 6) is -1.49. The summed E-state index contributed by atoms with van der Waals surface area (Å²) >= 11 is 0. The number of nitrogens with one attached hydrogen (secondary N) is 1. The second kappa shape index (κ2) is 12.3. The van der Waals surface area contributed by atoms with Crippen LogP contribution in [0.1, 0.15) is 58.5 Å². The number of hydrogen-bond donors (Lipinski definition) is 2. The smallest absolute Gasteiger partial charge is 0.331 e. The van der Waals surface area contributed by atoms with Crippen LogP contribution in [0.2, 0.25) is 0 Å². The molecule has 1 aromatic heterocycles. The van der Waals surface area contributed by atoms with Crippen LogP contribution in [0.5, 0.6) is 11.5 Å². The van der Waals surface area contributed by atoms with Crippen molar-refractivity contribution in [2.75, 3.05) is 26.9 Å². The lowest BCUT2D eigenvalue weighted by Gasteiger charge is -2.37. The van der Waals surface area contributed by atoms with E-state index >= 15 is 0 Å². The van der Waals surface area contributed by atoms with Gasteiger partial charge in [0.1, 0.15) is 18.3 Å². The second-order valence-electron chi connectivity index (χ2n) is 9.38. The van der Waals surface area contributed by atoms with Gasteiger partial charge in [-0.05, 0) is 33.1 Å². The van der Waals surface area contributed by atoms with E-state index < -0.39 is 47.6 Å². The van der Waals surface area contributed by atoms with Gasteiger partial charge in [-0.2, -0.15) is 0 Å². The van der Waals surface area contributed by atoms with E-state index in [1.165, 1.54) is 19.4 Å². The molecule has 1 saturated heterocycles. The quantitative estimate of drug-likeness (QED) is 0.511. The van der Waals surface area contributed by atoms with Crippen LogP contribution in [-0.2, 0) is 23.7 Å². The summed E-state index contributed by atoms with van der Waals surface area (Å²) in [6.45, 7) is 12.2. The summed E-state index contributed by atoms with van der Waals surface area (Å²) in [6.07, 6.45) is 0.352. The van der Waals surface area contributed by atoms with Crippen LogP contribution in [0, 0.1) is 5.92 Å². The Bertz CT molecular complexity index is 829. The molecule has 0 bridgehead atoms. The van der Waals surface area contributed by atoms with Crippen molar-refractivity contribution in [2.45, 2.75) is 77.9 Å². The van der Waals surface area contributed by atoms with Gasteiger partial charge in [0.05, 0.1) is 25.9 Å². The number of esters is 1. The standard InChI is InChI=1S/C24H38N2O8/c1-8-24(5,6)34-21-15(4)33-23(29)16(12-31-13-18(21)32-11-14(2)3)26-22(28)19-20(27)17(30-7)9-10-25-19/h9-10,14-16,18,21,27H,8,11-13H2,1-7H3,(H,26,28)/t15-,16-,18-,21-/m0/s1. The van der Waals surface area contributed by atoms with Crippen LogP contribution in [0.3, 0.4) is 0 Å². The molecule has 4 atom stereocenters. The Balaban J connectivity index is 2.22. The maximum atomic E-state index is 12.9. The SMILES string of the molecule is CCC(C)(C)O[C@H]1[C@H](C)OC(=O)[C@@H](NC(=O)c2nccc(OC)c2O)COC[C@@H]1OCC(C)C. The summed E-state index contributed by atoms with van der Waals surface area (Å²) in [4.78, 5) is 29.6. The number of cyclic esters (lactones) is 1. The molecule has 34 heavy (non-hydrogen) atoms. The van der Waals surface area contributed by atoms with Gasteiger partial charge >= 0.3 is 5.97 Å². The number of carbonyl (C=O) groups is 2. The van der Waals surface area contributed by atoms with Crippen molar-refractivity contribution >= 4 is 11.9 Å². The molecule has 1 aliphatic heterocycles. The van der Waals surface area contributed by atoms with E-state index in [4.69, 9.17) is 23.7 Å². The van der Waals surface area contributed by atoms with Crippen molar-refractivity contribution in [3.63, 3.8) is 0 Å². The minimum atomic E-state index is -1.12. The van der Waals surface area contributed by atoms with Crippen LogP contribution in [0.15, 0.2) is 12.3 Å². The molecule has 2 rings (SSSR count). The summed E-state index contributed by atoms with van der Waals surface area (Å²) in [5.41, 5.74) is -0.744. The number of nitrogens with zero attached hydrogens (tertiary/aromatic N) is 1. The van der Waals surface area contributed by atoms with Gasteiger partial charge in [0, 0.05) is 18.9 Å². The fourth-order valence-electron chi connectivity index (χ4n) is 3.28. The summed E-state index contributed by atoms with van der Waals surface area (Å²) in [7, 11) is 1.36. The van der Waals surface area contributed by atoms with Crippen LogP contribution in [0.4, 0.5) is 0 Å². The Labute approximate surface area is 201 Å². The molecule has 0 aliphatic carbocycles. The van der Waals surface area contributed by atoms with Gasteiger partial charge in [0.25, 0.3) is 5.91 Å². The predicted octanol–water partition coefficient (Wildman–Crippen LogP) is 2.47. The van der Waals surface area contributed by atoms with E-state index in [1.54, 1.807) is 6.92 Å². The van der Waals surface area contributed by atoms with Crippen molar-refractivity contribution in [2.24, 2.45) is 5.92 Å². The highest BCUT2D eigenvalue weighted by atomic mass is 16.6. The third kappa shape index (κ3) is 7.54. The maximum Gasteiger partial charge on any atom is 0.331 e. The molecular formula is C24H38N2O8. The minimum Gasteiger partial charge on any atom is -0.503 e. The highest BCUT2D eigenvalue weighted by Crippen LogP contribution is 2.28. The summed E-state index contributed by atoms with van der Waals surface area (Å²) in [6, 6.07) is 0.298. The van der Waals surface area contributed by atoms with E-state index in [-0.39, 0.29) is 24.7 Å². The molecule has 0 radical (unpaired) electrons. The molecule has 2 N–H and O–H groups in total. The van der Waals surface area contributed by atoms with Crippen LogP contribution in [0.25, 0.3) is 0 Å². The maximum absolute atomic E-state index is 12.9. The predicted molar refractivity (Wildman–Crippen MR) is 124 cm³/mol. The number of amides is 1. The third-order valence-corrected chi connectivity index (χ3v) is 5.56. The van der Waals surface area contributed by atoms with Gasteiger partial charge < -0.3 is 34.1 Å². The van der Waals surface area contributed by atoms with Crippen molar-refractivity contribution in [3.8, 4) is 11.5 Å². The van der Waals surface area contributed by atoms with Crippen LogP contribution < -0.4 is 10.1 Å². The molecule has 0 unspecified atom stereocenters. The van der Waals surface area contributed by atoms with E-state index in [1.807, 2.05) is 34.6 Å². The average molecular weight is 483 g/mol. The molecule has 0 saturated carbocycles. The van der Waals surface area contributed by atoms with Crippen molar-refractivity contribution in [1.29, 1.82) is 0 Å². The van der Waals surface area contributed by atoms with Gasteiger partial charge in [-0.15, -0.1) is 0 Å². The topological polar surface area (TPSA) is 125 Å². The van der Waals surface area contributed by atoms with E-state index in [0.29, 0.717) is 12.5 Å². The van der Waals surface area contributed by atoms with Crippen molar-refractivity contribution < 1.29 is 38.4 Å². The van der Waals surface area contributed by atoms with E-state index in [0.717, 1.165) is 6.42 Å². The molecule has 1 fully saturated rings. The average Bonchev–Trinajstić information content (AvgIpc) is 2.82. The molecule has 1 aromatic rings. The molecule has 192 valence electrons. The molecule has 1 amide bonds. The first-order valence-corrected chi connectivity index (χ1v) is 11.6. The number of pyridine rings is 1. The number of rotatable bonds is 9. The van der Waals surface area contributed by atoms with Crippen LogP contribution in [-0.4, -0.2) is 78.9 Å². The normalized spacial score (nSPS) is 24.1. The van der Waals surface area contributed by atoms with Crippen LogP contribution >= 0.6 is 0 Å². The number of methoxy groups -OCH3 is 1. The molecule has 10 heteroatoms. The Morgan fingerprint density at radius 2 is 2.06 bits per heavy atom. The largest absolute Gasteiger partial charge is 0.503 e. The number of ether oxygens (including phenoxy) is 5. The van der Waals surface area contributed by atoms with Gasteiger partial charge in [0.2, 0.25) is 0 Å². The lowest BCUT2D eigenvalue weighted by atomic mass is 10.0. The number of hydrogen-bond acceptors (Lipinski definition) is 9. The molecular weight excluding hydrogens is 444 g/mol. The summed E-state index contributed by atoms with van der Waals surface area (Å²) < 4.78 is 28.9. The zero-order chi connectivity index (χ0) is 25.5. The Hall–Kier alpha value is -2.43. The Kier molecular flexibility index (Phi) is 10.1. The number of carbonyl (C=O) groups excluding carboxylic acids is 2. The van der Waals surface area contributed by atoms with Gasteiger partial charge in [-0.1, -0.05) is 20.8 Å². The zero-order valence-corrected chi connectivity index (χ0v) is 21.1. The number of aromatic nitrogens is 1. The molecule has 2 heterocycles. The molecule has 10 nitrogen and oxygen atoms in total. The first-order valence-electron chi connectivity index (χ1n) is 11.6. The Morgan fingerprint density at radius 3 is 2.68 bits per heavy atom. The lowest BCUT2D eigenvalue weighted by molar-refractivity contribution is -0.194. The third-order valence-electron chi connectivity index (χ3n) is 5.56. The Morgan fingerprint density at radius 1 is 1.35 bits per heavy atom. The van der Waals surface area contributed by atoms with Crippen molar-refractivity contribution in [3.05, 3.63) is 18.0 Å². The summed E-state index contributed by atoms with van der Waals surface area (Å²) in [5, 5.41) is 12.8. The second-order valence-corrected chi connectivity index (χ2v) is 9.38. The molecule has 0 aromatic carbocycles. The monoisotopic (exact) mass is 482 g/mol. The molecule has 0 spiro atoms. The van der Waals surface area contributed by atoms with Gasteiger partial charge in [-0.3, -0.25) is 4.79 Å². The minimum absolute atomic E-state index is 0.0886. The molecule has 1 aliphatic rings. The first kappa shape index (κ1) is 27.8. The fraction of sp³-hybridized carbons (Fsp3) is 0.708. The zero-order valence-electron chi connectivity index (χ0n) is 21.1. The highest BCUT2D eigenvalue weighted by molar-refractivity contribution is 5.98. The van der Waals surface area contributed by atoms with Gasteiger partial charge in [0.15, 0.2) is 23.2 Å². The van der Waals surface area contributed by atoms with E-state index in [2.05, 4.69) is 10.3 Å². The first-order chi connectivity index (χ1) is 16.0. The van der Waals surface area contributed by atoms with Gasteiger partial charge in [-0.25, -0.2) is 9.78 Å².